The molecular formula is C11H15N3O5S. The van der Waals surface area contributed by atoms with Crippen molar-refractivity contribution in [1.82, 2.24) is 10.0 Å². The van der Waals surface area contributed by atoms with Crippen LogP contribution in [0.25, 0.3) is 0 Å². The van der Waals surface area contributed by atoms with Crippen molar-refractivity contribution in [3.8, 4) is 0 Å². The number of hydrogen-bond acceptors (Lipinski definition) is 5. The fourth-order valence-corrected chi connectivity index (χ4v) is 2.07. The van der Waals surface area contributed by atoms with Gasteiger partial charge in [0.15, 0.2) is 0 Å². The van der Waals surface area contributed by atoms with Crippen molar-refractivity contribution in [2.24, 2.45) is 0 Å². The fourth-order valence-electron chi connectivity index (χ4n) is 1.27. The largest absolute Gasteiger partial charge is 0.467 e. The quantitative estimate of drug-likeness (QED) is 0.672. The molecule has 1 aromatic carbocycles. The number of carbonyl (C=O) groups is 2. The topological polar surface area (TPSA) is 114 Å². The molecule has 0 saturated carbocycles. The minimum atomic E-state index is -4.08. The van der Waals surface area contributed by atoms with E-state index >= 15 is 0 Å². The molecule has 0 aliphatic heterocycles. The number of para-hydroxylation sites is 1. The summed E-state index contributed by atoms with van der Waals surface area (Å²) in [6.45, 7) is 1.36. The number of esters is 1. The van der Waals surface area contributed by atoms with Gasteiger partial charge in [-0.05, 0) is 19.1 Å². The number of benzene rings is 1. The van der Waals surface area contributed by atoms with Crippen molar-refractivity contribution in [3.63, 3.8) is 0 Å². The summed E-state index contributed by atoms with van der Waals surface area (Å²) in [6.07, 6.45) is 0. The highest BCUT2D eigenvalue weighted by molar-refractivity contribution is 7.91. The van der Waals surface area contributed by atoms with Crippen LogP contribution < -0.4 is 14.8 Å². The van der Waals surface area contributed by atoms with E-state index in [1.54, 1.807) is 22.9 Å². The molecule has 8 nitrogen and oxygen atoms in total. The monoisotopic (exact) mass is 301 g/mol. The van der Waals surface area contributed by atoms with Crippen LogP contribution in [0.2, 0.25) is 0 Å². The smallest absolute Gasteiger partial charge is 0.330 e. The lowest BCUT2D eigenvalue weighted by Gasteiger charge is -2.13. The van der Waals surface area contributed by atoms with Crippen molar-refractivity contribution in [2.75, 3.05) is 11.8 Å². The van der Waals surface area contributed by atoms with Gasteiger partial charge in [-0.15, -0.1) is 0 Å². The summed E-state index contributed by atoms with van der Waals surface area (Å²) in [5.74, 6) is -0.687. The third-order valence-corrected chi connectivity index (χ3v) is 3.11. The molecule has 0 bridgehead atoms. The van der Waals surface area contributed by atoms with Crippen molar-refractivity contribution >= 4 is 27.9 Å². The van der Waals surface area contributed by atoms with Crippen molar-refractivity contribution in [3.05, 3.63) is 30.3 Å². The van der Waals surface area contributed by atoms with Gasteiger partial charge >= 0.3 is 22.2 Å². The van der Waals surface area contributed by atoms with E-state index in [1.165, 1.54) is 19.1 Å². The summed E-state index contributed by atoms with van der Waals surface area (Å²) in [6, 6.07) is 6.03. The molecule has 110 valence electrons. The van der Waals surface area contributed by atoms with Crippen LogP contribution in [0.15, 0.2) is 30.3 Å². The summed E-state index contributed by atoms with van der Waals surface area (Å²) >= 11 is 0. The highest BCUT2D eigenvalue weighted by atomic mass is 32.2. The summed E-state index contributed by atoms with van der Waals surface area (Å²) in [7, 11) is -2.92. The molecule has 2 amide bonds. The van der Waals surface area contributed by atoms with Gasteiger partial charge in [-0.25, -0.2) is 14.3 Å². The first kappa shape index (κ1) is 15.8. The fraction of sp³-hybridized carbons (Fsp3) is 0.273. The van der Waals surface area contributed by atoms with Gasteiger partial charge < -0.3 is 10.1 Å². The Morgan fingerprint density at radius 2 is 1.80 bits per heavy atom. The van der Waals surface area contributed by atoms with Crippen LogP contribution >= 0.6 is 0 Å². The maximum Gasteiger partial charge on any atom is 0.330 e. The van der Waals surface area contributed by atoms with Crippen LogP contribution in [0.4, 0.5) is 10.5 Å². The minimum Gasteiger partial charge on any atom is -0.467 e. The van der Waals surface area contributed by atoms with E-state index in [9.17, 15) is 18.0 Å². The van der Waals surface area contributed by atoms with E-state index in [0.29, 0.717) is 5.69 Å². The van der Waals surface area contributed by atoms with E-state index in [4.69, 9.17) is 0 Å². The predicted octanol–water partition coefficient (Wildman–Crippen LogP) is 0.204. The second kappa shape index (κ2) is 6.75. The zero-order valence-corrected chi connectivity index (χ0v) is 11.7. The number of hydrogen-bond donors (Lipinski definition) is 3. The van der Waals surface area contributed by atoms with Gasteiger partial charge in [0.25, 0.3) is 0 Å². The first-order chi connectivity index (χ1) is 9.34. The third-order valence-electron chi connectivity index (χ3n) is 2.16. The van der Waals surface area contributed by atoms with Gasteiger partial charge in [0, 0.05) is 0 Å². The average molecular weight is 301 g/mol. The number of nitrogens with one attached hydrogen (secondary N) is 3. The Hall–Kier alpha value is -2.29. The number of ether oxygens (including phenoxy) is 1. The van der Waals surface area contributed by atoms with Crippen LogP contribution in [0.1, 0.15) is 6.92 Å². The van der Waals surface area contributed by atoms with Crippen LogP contribution in [-0.2, 0) is 19.7 Å². The molecule has 0 aromatic heterocycles. The van der Waals surface area contributed by atoms with Gasteiger partial charge in [-0.3, -0.25) is 4.72 Å². The zero-order chi connectivity index (χ0) is 15.2. The average Bonchev–Trinajstić information content (AvgIpc) is 2.37. The summed E-state index contributed by atoms with van der Waals surface area (Å²) in [4.78, 5) is 22.5. The normalized spacial score (nSPS) is 12.1. The van der Waals surface area contributed by atoms with Crippen molar-refractivity contribution in [2.45, 2.75) is 13.0 Å². The molecule has 0 aliphatic carbocycles. The minimum absolute atomic E-state index is 0.300. The molecule has 0 fully saturated rings. The van der Waals surface area contributed by atoms with E-state index in [-0.39, 0.29) is 0 Å². The van der Waals surface area contributed by atoms with Crippen molar-refractivity contribution in [1.29, 1.82) is 0 Å². The van der Waals surface area contributed by atoms with Gasteiger partial charge in [0.05, 0.1) is 12.8 Å². The molecule has 0 heterocycles. The van der Waals surface area contributed by atoms with Gasteiger partial charge in [0.2, 0.25) is 0 Å². The van der Waals surface area contributed by atoms with Crippen LogP contribution in [0, 0.1) is 0 Å². The molecule has 0 saturated heterocycles. The second-order valence-electron chi connectivity index (χ2n) is 3.79. The molecule has 20 heavy (non-hydrogen) atoms. The Bertz CT molecular complexity index is 573. The summed E-state index contributed by atoms with van der Waals surface area (Å²) < 4.78 is 31.5. The molecule has 9 heteroatoms. The molecule has 0 spiro atoms. The molecule has 0 unspecified atom stereocenters. The SMILES string of the molecule is COC(=O)[C@H](C)NC(=O)NS(=O)(=O)Nc1ccccc1. The maximum atomic E-state index is 11.6. The molecule has 1 rings (SSSR count). The Morgan fingerprint density at radius 3 is 2.35 bits per heavy atom. The van der Waals surface area contributed by atoms with Gasteiger partial charge in [-0.1, -0.05) is 18.2 Å². The highest BCUT2D eigenvalue weighted by Crippen LogP contribution is 2.06. The molecule has 3 N–H and O–H groups in total. The maximum absolute atomic E-state index is 11.6. The van der Waals surface area contributed by atoms with E-state index in [2.05, 4.69) is 14.8 Å². The number of amides is 2. The zero-order valence-electron chi connectivity index (χ0n) is 10.9. The van der Waals surface area contributed by atoms with E-state index in [1.807, 2.05) is 0 Å². The molecular weight excluding hydrogens is 286 g/mol. The Labute approximate surface area is 116 Å². The Kier molecular flexibility index (Phi) is 5.32. The van der Waals surface area contributed by atoms with Crippen LogP contribution in [0.5, 0.6) is 0 Å². The molecule has 0 radical (unpaired) electrons. The molecule has 0 aliphatic rings. The number of carbonyl (C=O) groups excluding carboxylic acids is 2. The number of methoxy groups -OCH3 is 1. The number of anilines is 1. The van der Waals surface area contributed by atoms with E-state index < -0.39 is 28.3 Å². The number of urea groups is 1. The third kappa shape index (κ3) is 5.14. The lowest BCUT2D eigenvalue weighted by molar-refractivity contribution is -0.142. The second-order valence-corrected chi connectivity index (χ2v) is 5.21. The standard InChI is InChI=1S/C11H15N3O5S/c1-8(10(15)19-2)12-11(16)14-20(17,18)13-9-6-4-3-5-7-9/h3-8,13H,1-2H3,(H2,12,14,16)/t8-/m0/s1. The summed E-state index contributed by atoms with van der Waals surface area (Å²) in [5, 5.41) is 2.13. The summed E-state index contributed by atoms with van der Waals surface area (Å²) in [5.41, 5.74) is 0.300. The molecule has 1 aromatic rings. The Morgan fingerprint density at radius 1 is 1.20 bits per heavy atom. The first-order valence-electron chi connectivity index (χ1n) is 5.58. The van der Waals surface area contributed by atoms with E-state index in [0.717, 1.165) is 7.11 Å². The van der Waals surface area contributed by atoms with Gasteiger partial charge in [0.1, 0.15) is 6.04 Å². The lowest BCUT2D eigenvalue weighted by atomic mass is 10.3. The first-order valence-corrected chi connectivity index (χ1v) is 7.06. The van der Waals surface area contributed by atoms with Gasteiger partial charge in [-0.2, -0.15) is 8.42 Å². The Balaban J connectivity index is 2.58. The van der Waals surface area contributed by atoms with Crippen LogP contribution in [0.3, 0.4) is 0 Å². The molecule has 1 atom stereocenters. The lowest BCUT2D eigenvalue weighted by Crippen LogP contribution is -2.48. The predicted molar refractivity (Wildman–Crippen MR) is 72.1 cm³/mol. The van der Waals surface area contributed by atoms with Crippen molar-refractivity contribution < 1.29 is 22.7 Å². The number of rotatable bonds is 5. The highest BCUT2D eigenvalue weighted by Gasteiger charge is 2.19. The van der Waals surface area contributed by atoms with Crippen LogP contribution in [-0.4, -0.2) is 33.6 Å².